The number of ether oxygens (including phenoxy) is 1. The van der Waals surface area contributed by atoms with Gasteiger partial charge in [0.25, 0.3) is 5.89 Å². The van der Waals surface area contributed by atoms with E-state index in [1.807, 2.05) is 30.3 Å². The average molecular weight is 462 g/mol. The Balaban J connectivity index is 1.30. The lowest BCUT2D eigenvalue weighted by atomic mass is 10.1. The molecule has 4 aromatic rings. The van der Waals surface area contributed by atoms with Crippen molar-refractivity contribution in [2.75, 3.05) is 5.32 Å². The van der Waals surface area contributed by atoms with E-state index >= 15 is 0 Å². The number of aryl methyl sites for hydroxylation is 1. The van der Waals surface area contributed by atoms with Crippen LogP contribution in [0.2, 0.25) is 0 Å². The molecule has 1 saturated carbocycles. The highest BCUT2D eigenvalue weighted by Gasteiger charge is 2.56. The number of amides is 1. The molecule has 12 heteroatoms. The van der Waals surface area contributed by atoms with E-state index < -0.39 is 23.6 Å². The topological polar surface area (TPSA) is 158 Å². The van der Waals surface area contributed by atoms with E-state index in [2.05, 4.69) is 37.4 Å². The van der Waals surface area contributed by atoms with Gasteiger partial charge in [0.1, 0.15) is 11.5 Å². The predicted molar refractivity (Wildman–Crippen MR) is 115 cm³/mol. The van der Waals surface area contributed by atoms with Gasteiger partial charge in [-0.3, -0.25) is 10.1 Å². The molecule has 3 aromatic heterocycles. The Hall–Kier alpha value is -4.66. The molecular weight excluding hydrogens is 444 g/mol. The number of carbonyl (C=O) groups is 2. The van der Waals surface area contributed by atoms with Crippen LogP contribution in [0.25, 0.3) is 11.4 Å². The third-order valence-corrected chi connectivity index (χ3v) is 5.43. The first-order valence-corrected chi connectivity index (χ1v) is 10.3. The van der Waals surface area contributed by atoms with Crippen molar-refractivity contribution >= 4 is 29.3 Å². The van der Waals surface area contributed by atoms with Crippen LogP contribution in [0.1, 0.15) is 48.9 Å². The van der Waals surface area contributed by atoms with Crippen LogP contribution in [0.5, 0.6) is 0 Å². The van der Waals surface area contributed by atoms with Gasteiger partial charge in [-0.1, -0.05) is 35.5 Å². The van der Waals surface area contributed by atoms with Crippen LogP contribution >= 0.6 is 0 Å². The first-order valence-electron chi connectivity index (χ1n) is 10.3. The molecule has 3 heterocycles. The number of aliphatic carboxylic acids is 1. The van der Waals surface area contributed by atoms with Crippen molar-refractivity contribution in [2.24, 2.45) is 7.05 Å². The lowest BCUT2D eigenvalue weighted by Crippen LogP contribution is -2.19. The summed E-state index contributed by atoms with van der Waals surface area (Å²) >= 11 is 0. The molecule has 1 fully saturated rings. The minimum Gasteiger partial charge on any atom is -0.480 e. The fraction of sp³-hybridized carbons (Fsp3) is 0.273. The summed E-state index contributed by atoms with van der Waals surface area (Å²) in [5.74, 6) is 4.70. The molecule has 0 bridgehead atoms. The molecule has 0 spiro atoms. The van der Waals surface area contributed by atoms with Crippen molar-refractivity contribution in [3.63, 3.8) is 0 Å². The summed E-state index contributed by atoms with van der Waals surface area (Å²) in [4.78, 5) is 32.0. The zero-order chi connectivity index (χ0) is 23.9. The van der Waals surface area contributed by atoms with Crippen LogP contribution in [-0.2, 0) is 22.0 Å². The molecule has 5 rings (SSSR count). The molecule has 1 aliphatic carbocycles. The molecule has 12 nitrogen and oxygen atoms in total. The van der Waals surface area contributed by atoms with Gasteiger partial charge in [-0.05, 0) is 31.2 Å². The maximum absolute atomic E-state index is 12.4. The summed E-state index contributed by atoms with van der Waals surface area (Å²) in [6.45, 7) is 1.76. The van der Waals surface area contributed by atoms with E-state index in [9.17, 15) is 14.7 Å². The van der Waals surface area contributed by atoms with E-state index in [4.69, 9.17) is 13.6 Å². The van der Waals surface area contributed by atoms with Gasteiger partial charge in [0.2, 0.25) is 11.5 Å². The second-order valence-corrected chi connectivity index (χ2v) is 7.78. The maximum Gasteiger partial charge on any atom is 0.413 e. The number of anilines is 1. The fourth-order valence-corrected chi connectivity index (χ4v) is 3.32. The number of carboxylic acid groups (broad SMARTS) is 1. The molecule has 1 aliphatic rings. The number of aromatic nitrogens is 5. The lowest BCUT2D eigenvalue weighted by molar-refractivity contribution is -0.140. The molecule has 0 radical (unpaired) electrons. The van der Waals surface area contributed by atoms with Crippen LogP contribution in [0.4, 0.5) is 10.6 Å². The van der Waals surface area contributed by atoms with Crippen molar-refractivity contribution < 1.29 is 28.3 Å². The van der Waals surface area contributed by atoms with Crippen LogP contribution < -0.4 is 5.32 Å². The molecular formula is C22H18N6O6. The Morgan fingerprint density at radius 2 is 1.97 bits per heavy atom. The Labute approximate surface area is 191 Å². The van der Waals surface area contributed by atoms with Crippen LogP contribution in [0.15, 0.2) is 39.2 Å². The molecule has 2 N–H and O–H groups in total. The second-order valence-electron chi connectivity index (χ2n) is 7.78. The zero-order valence-electron chi connectivity index (χ0n) is 18.1. The number of fused-ring (bicyclic) bond motifs is 1. The van der Waals surface area contributed by atoms with Gasteiger partial charge in [0, 0.05) is 13.0 Å². The SMILES string of the molecule is CC(OC(=O)Nc1c(C#Cc2nc3nc(C4(C(=O)O)CC4)oc3o2)nnn1C)c1ccccc1. The van der Waals surface area contributed by atoms with E-state index in [1.165, 1.54) is 4.68 Å². The van der Waals surface area contributed by atoms with Gasteiger partial charge in [-0.2, -0.15) is 9.97 Å². The smallest absolute Gasteiger partial charge is 0.413 e. The Morgan fingerprint density at radius 1 is 1.21 bits per heavy atom. The number of nitrogens with zero attached hydrogens (tertiary/aromatic N) is 5. The van der Waals surface area contributed by atoms with Gasteiger partial charge < -0.3 is 18.7 Å². The normalized spacial score (nSPS) is 14.8. The second kappa shape index (κ2) is 8.04. The number of oxazole rings is 2. The number of carbonyl (C=O) groups excluding carboxylic acids is 1. The highest BCUT2D eigenvalue weighted by Crippen LogP contribution is 2.48. The summed E-state index contributed by atoms with van der Waals surface area (Å²) in [6, 6.07) is 9.31. The van der Waals surface area contributed by atoms with Gasteiger partial charge >= 0.3 is 17.8 Å². The van der Waals surface area contributed by atoms with Crippen LogP contribution in [0.3, 0.4) is 0 Å². The molecule has 0 aliphatic heterocycles. The number of rotatable bonds is 5. The largest absolute Gasteiger partial charge is 0.480 e. The summed E-state index contributed by atoms with van der Waals surface area (Å²) in [5.41, 5.74) is 0.0460. The van der Waals surface area contributed by atoms with E-state index in [0.717, 1.165) is 5.56 Å². The molecule has 1 aromatic carbocycles. The maximum atomic E-state index is 12.4. The van der Waals surface area contributed by atoms with Gasteiger partial charge in [0.05, 0.1) is 0 Å². The quantitative estimate of drug-likeness (QED) is 0.422. The van der Waals surface area contributed by atoms with Crippen LogP contribution in [0, 0.1) is 11.8 Å². The summed E-state index contributed by atoms with van der Waals surface area (Å²) in [6.07, 6.45) is -0.254. The Bertz CT molecular complexity index is 1420. The summed E-state index contributed by atoms with van der Waals surface area (Å²) in [5, 5.41) is 19.8. The minimum absolute atomic E-state index is 0.00940. The monoisotopic (exact) mass is 462 g/mol. The third-order valence-electron chi connectivity index (χ3n) is 5.43. The minimum atomic E-state index is -1.10. The molecule has 1 atom stereocenters. The van der Waals surface area contributed by atoms with Crippen molar-refractivity contribution in [2.45, 2.75) is 31.3 Å². The van der Waals surface area contributed by atoms with Crippen molar-refractivity contribution in [1.82, 2.24) is 25.0 Å². The number of hydrogen-bond acceptors (Lipinski definition) is 9. The van der Waals surface area contributed by atoms with E-state index in [-0.39, 0.29) is 34.7 Å². The number of carboxylic acids is 1. The highest BCUT2D eigenvalue weighted by molar-refractivity contribution is 5.85. The average Bonchev–Trinajstić information content (AvgIpc) is 3.26. The zero-order valence-corrected chi connectivity index (χ0v) is 18.1. The molecule has 1 amide bonds. The van der Waals surface area contributed by atoms with E-state index in [0.29, 0.717) is 12.8 Å². The van der Waals surface area contributed by atoms with Gasteiger partial charge in [-0.25, -0.2) is 9.48 Å². The molecule has 1 unspecified atom stereocenters. The highest BCUT2D eigenvalue weighted by atomic mass is 16.6. The Kier molecular flexibility index (Phi) is 5.01. The lowest BCUT2D eigenvalue weighted by Gasteiger charge is -2.14. The summed E-state index contributed by atoms with van der Waals surface area (Å²) < 4.78 is 17.6. The number of benzene rings is 1. The fourth-order valence-electron chi connectivity index (χ4n) is 3.32. The van der Waals surface area contributed by atoms with Crippen molar-refractivity contribution in [3.8, 4) is 11.8 Å². The van der Waals surface area contributed by atoms with Gasteiger partial charge in [-0.15, -0.1) is 5.10 Å². The Morgan fingerprint density at radius 3 is 2.65 bits per heavy atom. The van der Waals surface area contributed by atoms with Gasteiger partial charge in [0.15, 0.2) is 11.5 Å². The van der Waals surface area contributed by atoms with Crippen molar-refractivity contribution in [1.29, 1.82) is 0 Å². The summed E-state index contributed by atoms with van der Waals surface area (Å²) in [7, 11) is 1.59. The predicted octanol–water partition coefficient (Wildman–Crippen LogP) is 2.77. The third kappa shape index (κ3) is 3.83. The van der Waals surface area contributed by atoms with Crippen LogP contribution in [-0.4, -0.2) is 42.1 Å². The number of hydrogen-bond donors (Lipinski definition) is 2. The molecule has 0 saturated heterocycles. The standard InChI is InChI=1S/C22H18N6O6/c1-12(13-6-4-3-5-7-13)32-21(31)25-17-14(26-27-28(17)2)8-9-15-23-16-18(33-15)34-19(24-16)22(10-11-22)20(29)30/h3-7,12H,10-11H2,1-2H3,(H,25,31)(H,29,30). The molecule has 34 heavy (non-hydrogen) atoms. The molecule has 172 valence electrons. The first kappa shape index (κ1) is 21.2. The first-order chi connectivity index (χ1) is 16.4. The van der Waals surface area contributed by atoms with Crippen molar-refractivity contribution in [3.05, 3.63) is 53.4 Å². The number of nitrogens with one attached hydrogen (secondary N) is 1. The van der Waals surface area contributed by atoms with E-state index in [1.54, 1.807) is 14.0 Å².